The van der Waals surface area contributed by atoms with Crippen LogP contribution in [0.5, 0.6) is 0 Å². The van der Waals surface area contributed by atoms with Crippen molar-refractivity contribution in [3.8, 4) is 0 Å². The molecule has 0 spiro atoms. The van der Waals surface area contributed by atoms with E-state index in [1.54, 1.807) is 0 Å². The van der Waals surface area contributed by atoms with Crippen LogP contribution in [0.2, 0.25) is 0 Å². The van der Waals surface area contributed by atoms with Crippen LogP contribution in [0.3, 0.4) is 0 Å². The van der Waals surface area contributed by atoms with Crippen molar-refractivity contribution in [1.82, 2.24) is 0 Å². The van der Waals surface area contributed by atoms with E-state index in [-0.39, 0.29) is 6.29 Å². The molecule has 0 unspecified atom stereocenters. The van der Waals surface area contributed by atoms with Crippen molar-refractivity contribution < 1.29 is 37.7 Å². The van der Waals surface area contributed by atoms with Gasteiger partial charge in [-0.05, 0) is 0 Å². The molecule has 0 fully saturated rings. The SMILES string of the molecule is CC(=O)O[Se]O[C@H](C=O)[C@@H](O)[C@H](O)[C@H](O)CO. The molecule has 0 rings (SSSR count). The van der Waals surface area contributed by atoms with Crippen molar-refractivity contribution in [1.29, 1.82) is 0 Å². The van der Waals surface area contributed by atoms with Gasteiger partial charge in [0.05, 0.1) is 0 Å². The Kier molecular flexibility index (Phi) is 8.26. The first kappa shape index (κ1) is 16.5. The van der Waals surface area contributed by atoms with Gasteiger partial charge in [-0.15, -0.1) is 0 Å². The fourth-order valence-corrected chi connectivity index (χ4v) is 1.61. The molecular formula is C8H14O8Se. The van der Waals surface area contributed by atoms with Crippen molar-refractivity contribution in [2.45, 2.75) is 31.3 Å². The van der Waals surface area contributed by atoms with Gasteiger partial charge in [0.1, 0.15) is 0 Å². The second kappa shape index (κ2) is 8.54. The van der Waals surface area contributed by atoms with E-state index in [1.165, 1.54) is 0 Å². The number of hydrogen-bond donors (Lipinski definition) is 4. The second-order valence-electron chi connectivity index (χ2n) is 3.07. The molecule has 8 nitrogen and oxygen atoms in total. The fourth-order valence-electron chi connectivity index (χ4n) is 0.803. The maximum atomic E-state index is 10.6. The summed E-state index contributed by atoms with van der Waals surface area (Å²) in [6, 6.07) is 0. The number of rotatable bonds is 8. The molecule has 0 radical (unpaired) electrons. The predicted molar refractivity (Wildman–Crippen MR) is 53.6 cm³/mol. The molecule has 17 heavy (non-hydrogen) atoms. The molecule has 100 valence electrons. The minimum absolute atomic E-state index is 0.198. The van der Waals surface area contributed by atoms with Crippen LogP contribution in [0.1, 0.15) is 6.92 Å². The van der Waals surface area contributed by atoms with Gasteiger partial charge in [0.15, 0.2) is 0 Å². The predicted octanol–water partition coefficient (Wildman–Crippen LogP) is -3.26. The number of aldehydes is 1. The van der Waals surface area contributed by atoms with Crippen LogP contribution in [-0.4, -0.2) is 79.3 Å². The van der Waals surface area contributed by atoms with Crippen LogP contribution in [-0.2, 0) is 17.2 Å². The second-order valence-corrected chi connectivity index (χ2v) is 4.11. The van der Waals surface area contributed by atoms with Crippen LogP contribution in [0, 0.1) is 0 Å². The van der Waals surface area contributed by atoms with Gasteiger partial charge in [0.2, 0.25) is 0 Å². The summed E-state index contributed by atoms with van der Waals surface area (Å²) in [5.74, 6) is -0.611. The van der Waals surface area contributed by atoms with Crippen LogP contribution >= 0.6 is 0 Å². The Labute approximate surface area is 104 Å². The Balaban J connectivity index is 4.24. The molecule has 0 heterocycles. The molecule has 0 aromatic carbocycles. The van der Waals surface area contributed by atoms with Crippen molar-refractivity contribution in [2.75, 3.05) is 6.61 Å². The molecule has 4 N–H and O–H groups in total. The van der Waals surface area contributed by atoms with Crippen molar-refractivity contribution in [2.24, 2.45) is 0 Å². The first-order chi connectivity index (χ1) is 7.93. The van der Waals surface area contributed by atoms with E-state index < -0.39 is 52.6 Å². The molecule has 0 aliphatic carbocycles. The van der Waals surface area contributed by atoms with E-state index in [0.717, 1.165) is 6.92 Å². The average molecular weight is 317 g/mol. The monoisotopic (exact) mass is 318 g/mol. The molecule has 0 aromatic heterocycles. The van der Waals surface area contributed by atoms with Gasteiger partial charge in [-0.2, -0.15) is 0 Å². The van der Waals surface area contributed by atoms with Crippen molar-refractivity contribution in [3.63, 3.8) is 0 Å². The Bertz CT molecular complexity index is 248. The number of carbonyl (C=O) groups is 2. The van der Waals surface area contributed by atoms with Crippen LogP contribution in [0.25, 0.3) is 0 Å². The Morgan fingerprint density at radius 1 is 1.35 bits per heavy atom. The van der Waals surface area contributed by atoms with Crippen molar-refractivity contribution in [3.05, 3.63) is 0 Å². The molecule has 0 saturated heterocycles. The van der Waals surface area contributed by atoms with Crippen LogP contribution in [0.15, 0.2) is 0 Å². The van der Waals surface area contributed by atoms with Gasteiger partial charge >= 0.3 is 103 Å². The molecule has 0 bridgehead atoms. The summed E-state index contributed by atoms with van der Waals surface area (Å²) in [6.45, 7) is 0.362. The molecule has 0 aromatic rings. The molecule has 0 aliphatic rings. The summed E-state index contributed by atoms with van der Waals surface area (Å²) in [5, 5.41) is 36.3. The zero-order valence-electron chi connectivity index (χ0n) is 8.92. The van der Waals surface area contributed by atoms with E-state index in [1.807, 2.05) is 0 Å². The molecular weight excluding hydrogens is 303 g/mol. The summed E-state index contributed by atoms with van der Waals surface area (Å²) in [4.78, 5) is 21.0. The summed E-state index contributed by atoms with van der Waals surface area (Å²) >= 11 is -1.12. The van der Waals surface area contributed by atoms with E-state index >= 15 is 0 Å². The van der Waals surface area contributed by atoms with E-state index in [2.05, 4.69) is 3.82 Å². The molecule has 0 saturated carbocycles. The Morgan fingerprint density at radius 2 is 1.94 bits per heavy atom. The average Bonchev–Trinajstić information content (AvgIpc) is 2.31. The first-order valence-electron chi connectivity index (χ1n) is 4.55. The van der Waals surface area contributed by atoms with E-state index in [0.29, 0.717) is 0 Å². The van der Waals surface area contributed by atoms with Gasteiger partial charge < -0.3 is 0 Å². The number of aliphatic hydroxyl groups is 4. The maximum absolute atomic E-state index is 10.6. The number of hydrogen-bond acceptors (Lipinski definition) is 8. The first-order valence-corrected chi connectivity index (χ1v) is 5.94. The van der Waals surface area contributed by atoms with Crippen molar-refractivity contribution >= 4 is 27.9 Å². The number of aliphatic hydroxyl groups excluding tert-OH is 4. The van der Waals surface area contributed by atoms with Gasteiger partial charge in [0, 0.05) is 0 Å². The normalized spacial score (nSPS) is 17.9. The standard InChI is InChI=1S/C8H14O8Se/c1-4(11)15-17-16-6(3-10)8(14)7(13)5(12)2-9/h3,5-9,12-14H,2H2,1H3/t5-,6-,7-,8-/m1/s1. The summed E-state index contributed by atoms with van der Waals surface area (Å²) in [6.07, 6.45) is -6.33. The summed E-state index contributed by atoms with van der Waals surface area (Å²) in [5.41, 5.74) is 0. The van der Waals surface area contributed by atoms with Gasteiger partial charge in [-0.1, -0.05) is 0 Å². The molecule has 9 heteroatoms. The van der Waals surface area contributed by atoms with E-state index in [9.17, 15) is 19.8 Å². The van der Waals surface area contributed by atoms with Crippen LogP contribution < -0.4 is 0 Å². The Morgan fingerprint density at radius 3 is 2.35 bits per heavy atom. The van der Waals surface area contributed by atoms with Gasteiger partial charge in [0.25, 0.3) is 0 Å². The minimum atomic E-state index is -1.75. The summed E-state index contributed by atoms with van der Waals surface area (Å²) in [7, 11) is 0. The topological polar surface area (TPSA) is 134 Å². The third kappa shape index (κ3) is 6.08. The zero-order valence-corrected chi connectivity index (χ0v) is 10.6. The van der Waals surface area contributed by atoms with Gasteiger partial charge in [-0.3, -0.25) is 0 Å². The molecule has 0 aliphatic heterocycles. The molecule has 4 atom stereocenters. The van der Waals surface area contributed by atoms with Gasteiger partial charge in [-0.25, -0.2) is 0 Å². The zero-order chi connectivity index (χ0) is 13.4. The number of carbonyl (C=O) groups excluding carboxylic acids is 2. The third-order valence-electron chi connectivity index (χ3n) is 1.70. The quantitative estimate of drug-likeness (QED) is 0.271. The molecule has 0 amide bonds. The van der Waals surface area contributed by atoms with Crippen LogP contribution in [0.4, 0.5) is 0 Å². The van der Waals surface area contributed by atoms with E-state index in [4.69, 9.17) is 14.0 Å². The third-order valence-corrected chi connectivity index (χ3v) is 2.97. The Hall–Kier alpha value is -0.541. The fraction of sp³-hybridized carbons (Fsp3) is 0.750. The summed E-state index contributed by atoms with van der Waals surface area (Å²) < 4.78 is 9.16.